The summed E-state index contributed by atoms with van der Waals surface area (Å²) in [6.45, 7) is 2.39. The number of hydrogen-bond donors (Lipinski definition) is 2. The molecule has 1 unspecified atom stereocenters. The highest BCUT2D eigenvalue weighted by atomic mass is 16.3. The Labute approximate surface area is 124 Å². The van der Waals surface area contributed by atoms with E-state index in [1.807, 2.05) is 37.3 Å². The van der Waals surface area contributed by atoms with Crippen molar-refractivity contribution in [2.24, 2.45) is 0 Å². The number of hydrogen-bond acceptors (Lipinski definition) is 3. The fourth-order valence-electron chi connectivity index (χ4n) is 2.25. The Kier molecular flexibility index (Phi) is 4.48. The van der Waals surface area contributed by atoms with Gasteiger partial charge >= 0.3 is 0 Å². The first kappa shape index (κ1) is 14.9. The molecule has 2 aromatic rings. The molecule has 0 aliphatic carbocycles. The van der Waals surface area contributed by atoms with Gasteiger partial charge in [0.05, 0.1) is 5.92 Å². The number of nitrogens with two attached hydrogens (primary N) is 1. The van der Waals surface area contributed by atoms with Crippen molar-refractivity contribution in [1.82, 2.24) is 4.90 Å². The van der Waals surface area contributed by atoms with E-state index < -0.39 is 0 Å². The second-order valence-electron chi connectivity index (χ2n) is 5.25. The first-order valence-electron chi connectivity index (χ1n) is 6.85. The number of aromatic hydroxyl groups is 1. The van der Waals surface area contributed by atoms with Gasteiger partial charge in [0.2, 0.25) is 5.91 Å². The number of rotatable bonds is 4. The Bertz CT molecular complexity index is 623. The van der Waals surface area contributed by atoms with Crippen LogP contribution >= 0.6 is 0 Å². The van der Waals surface area contributed by atoms with Gasteiger partial charge in [-0.2, -0.15) is 0 Å². The molecule has 0 saturated carbocycles. The van der Waals surface area contributed by atoms with E-state index in [0.29, 0.717) is 12.2 Å². The molecule has 0 aromatic heterocycles. The maximum absolute atomic E-state index is 12.5. The molecule has 2 rings (SSSR count). The Balaban J connectivity index is 2.06. The van der Waals surface area contributed by atoms with Gasteiger partial charge in [-0.05, 0) is 42.3 Å². The summed E-state index contributed by atoms with van der Waals surface area (Å²) in [5.74, 6) is 0.0187. The van der Waals surface area contributed by atoms with Crippen molar-refractivity contribution in [3.8, 4) is 5.75 Å². The van der Waals surface area contributed by atoms with Gasteiger partial charge in [0.15, 0.2) is 0 Å². The summed E-state index contributed by atoms with van der Waals surface area (Å²) in [7, 11) is 1.78. The molecular weight excluding hydrogens is 264 g/mol. The van der Waals surface area contributed by atoms with Gasteiger partial charge in [-0.1, -0.05) is 24.3 Å². The molecule has 1 atom stereocenters. The van der Waals surface area contributed by atoms with Crippen LogP contribution in [0.4, 0.5) is 5.69 Å². The smallest absolute Gasteiger partial charge is 0.229 e. The lowest BCUT2D eigenvalue weighted by atomic mass is 9.99. The highest BCUT2D eigenvalue weighted by Gasteiger charge is 2.19. The maximum Gasteiger partial charge on any atom is 0.229 e. The van der Waals surface area contributed by atoms with Gasteiger partial charge in [0, 0.05) is 19.3 Å². The first-order chi connectivity index (χ1) is 9.97. The summed E-state index contributed by atoms with van der Waals surface area (Å²) in [6.07, 6.45) is 0. The highest BCUT2D eigenvalue weighted by molar-refractivity contribution is 5.83. The Morgan fingerprint density at radius 1 is 1.24 bits per heavy atom. The van der Waals surface area contributed by atoms with Crippen LogP contribution in [0, 0.1) is 0 Å². The van der Waals surface area contributed by atoms with E-state index in [1.165, 1.54) is 0 Å². The second-order valence-corrected chi connectivity index (χ2v) is 5.25. The van der Waals surface area contributed by atoms with Crippen molar-refractivity contribution >= 4 is 11.6 Å². The molecular formula is C17H20N2O2. The molecule has 0 fully saturated rings. The second kappa shape index (κ2) is 6.31. The molecule has 21 heavy (non-hydrogen) atoms. The van der Waals surface area contributed by atoms with Gasteiger partial charge in [-0.25, -0.2) is 0 Å². The van der Waals surface area contributed by atoms with E-state index in [-0.39, 0.29) is 17.6 Å². The molecule has 1 amide bonds. The summed E-state index contributed by atoms with van der Waals surface area (Å²) < 4.78 is 0. The number of phenolic OH excluding ortho intramolecular Hbond substituents is 1. The minimum atomic E-state index is -0.240. The molecule has 0 saturated heterocycles. The summed E-state index contributed by atoms with van der Waals surface area (Å²) in [5.41, 5.74) is 8.31. The van der Waals surface area contributed by atoms with E-state index in [4.69, 9.17) is 5.73 Å². The number of phenols is 1. The average Bonchev–Trinajstić information content (AvgIpc) is 2.48. The Hall–Kier alpha value is -2.49. The molecule has 0 heterocycles. The number of nitrogen functional groups attached to an aromatic ring is 1. The lowest BCUT2D eigenvalue weighted by molar-refractivity contribution is -0.131. The van der Waals surface area contributed by atoms with Gasteiger partial charge in [-0.3, -0.25) is 4.79 Å². The number of carbonyl (C=O) groups excluding carboxylic acids is 1. The summed E-state index contributed by atoms with van der Waals surface area (Å²) >= 11 is 0. The van der Waals surface area contributed by atoms with Crippen LogP contribution < -0.4 is 5.73 Å². The van der Waals surface area contributed by atoms with Crippen LogP contribution in [0.3, 0.4) is 0 Å². The highest BCUT2D eigenvalue weighted by Crippen LogP contribution is 2.21. The summed E-state index contributed by atoms with van der Waals surface area (Å²) in [4.78, 5) is 14.1. The number of carbonyl (C=O) groups is 1. The predicted octanol–water partition coefficient (Wildman–Crippen LogP) is 2.74. The monoisotopic (exact) mass is 284 g/mol. The van der Waals surface area contributed by atoms with Gasteiger partial charge in [-0.15, -0.1) is 0 Å². The van der Waals surface area contributed by atoms with Crippen molar-refractivity contribution in [3.63, 3.8) is 0 Å². The first-order valence-corrected chi connectivity index (χ1v) is 6.85. The zero-order valence-electron chi connectivity index (χ0n) is 12.3. The molecule has 0 spiro atoms. The van der Waals surface area contributed by atoms with Crippen molar-refractivity contribution in [2.45, 2.75) is 19.4 Å². The van der Waals surface area contributed by atoms with E-state index in [1.54, 1.807) is 30.1 Å². The standard InChI is InChI=1S/C17H20N2O2/c1-12(14-4-3-5-15(18)10-14)17(21)19(2)11-13-6-8-16(20)9-7-13/h3-10,12,20H,11,18H2,1-2H3. The normalized spacial score (nSPS) is 11.9. The number of amides is 1. The molecule has 4 heteroatoms. The number of likely N-dealkylation sites (N-methyl/N-ethyl adjacent to an activating group) is 1. The fourth-order valence-corrected chi connectivity index (χ4v) is 2.25. The molecule has 0 bridgehead atoms. The van der Waals surface area contributed by atoms with E-state index >= 15 is 0 Å². The summed E-state index contributed by atoms with van der Waals surface area (Å²) in [6, 6.07) is 14.3. The Morgan fingerprint density at radius 3 is 2.52 bits per heavy atom. The lowest BCUT2D eigenvalue weighted by Gasteiger charge is -2.22. The third-order valence-electron chi connectivity index (χ3n) is 3.51. The van der Waals surface area contributed by atoms with Crippen LogP contribution in [0.15, 0.2) is 48.5 Å². The molecule has 0 radical (unpaired) electrons. The van der Waals surface area contributed by atoms with Crippen LogP contribution in [-0.4, -0.2) is 23.0 Å². The predicted molar refractivity (Wildman–Crippen MR) is 83.9 cm³/mol. The minimum absolute atomic E-state index is 0.0358. The topological polar surface area (TPSA) is 66.6 Å². The number of anilines is 1. The molecule has 4 nitrogen and oxygen atoms in total. The summed E-state index contributed by atoms with van der Waals surface area (Å²) in [5, 5.41) is 9.27. The van der Waals surface area contributed by atoms with E-state index in [2.05, 4.69) is 0 Å². The number of nitrogens with zero attached hydrogens (tertiary/aromatic N) is 1. The quantitative estimate of drug-likeness (QED) is 0.848. The SMILES string of the molecule is CC(C(=O)N(C)Cc1ccc(O)cc1)c1cccc(N)c1. The lowest BCUT2D eigenvalue weighted by Crippen LogP contribution is -2.30. The van der Waals surface area contributed by atoms with Crippen LogP contribution in [0.1, 0.15) is 24.0 Å². The third kappa shape index (κ3) is 3.75. The Morgan fingerprint density at radius 2 is 1.90 bits per heavy atom. The maximum atomic E-state index is 12.5. The fraction of sp³-hybridized carbons (Fsp3) is 0.235. The molecule has 0 aliphatic heterocycles. The van der Waals surface area contributed by atoms with E-state index in [0.717, 1.165) is 11.1 Å². The largest absolute Gasteiger partial charge is 0.508 e. The van der Waals surface area contributed by atoms with Crippen molar-refractivity contribution in [3.05, 3.63) is 59.7 Å². The van der Waals surface area contributed by atoms with E-state index in [9.17, 15) is 9.90 Å². The zero-order valence-corrected chi connectivity index (χ0v) is 12.3. The van der Waals surface area contributed by atoms with Crippen LogP contribution in [-0.2, 0) is 11.3 Å². The molecule has 110 valence electrons. The number of benzene rings is 2. The average molecular weight is 284 g/mol. The van der Waals surface area contributed by atoms with Crippen molar-refractivity contribution < 1.29 is 9.90 Å². The van der Waals surface area contributed by atoms with Gasteiger partial charge < -0.3 is 15.7 Å². The molecule has 2 aromatic carbocycles. The molecule has 0 aliphatic rings. The van der Waals surface area contributed by atoms with Crippen LogP contribution in [0.2, 0.25) is 0 Å². The van der Waals surface area contributed by atoms with Crippen LogP contribution in [0.25, 0.3) is 0 Å². The zero-order chi connectivity index (χ0) is 15.4. The van der Waals surface area contributed by atoms with Crippen molar-refractivity contribution in [2.75, 3.05) is 12.8 Å². The van der Waals surface area contributed by atoms with Crippen LogP contribution in [0.5, 0.6) is 5.75 Å². The van der Waals surface area contributed by atoms with Gasteiger partial charge in [0.1, 0.15) is 5.75 Å². The molecule has 3 N–H and O–H groups in total. The third-order valence-corrected chi connectivity index (χ3v) is 3.51. The van der Waals surface area contributed by atoms with Crippen molar-refractivity contribution in [1.29, 1.82) is 0 Å². The van der Waals surface area contributed by atoms with Gasteiger partial charge in [0.25, 0.3) is 0 Å². The minimum Gasteiger partial charge on any atom is -0.508 e.